The molecule has 1 fully saturated rings. The average molecular weight is 454 g/mol. The molecule has 1 saturated heterocycles. The second-order valence-corrected chi connectivity index (χ2v) is 8.10. The van der Waals surface area contributed by atoms with Crippen molar-refractivity contribution in [2.75, 3.05) is 38.2 Å². The summed E-state index contributed by atoms with van der Waals surface area (Å²) >= 11 is 0. The molecule has 2 N–H and O–H groups in total. The van der Waals surface area contributed by atoms with Crippen LogP contribution in [0.3, 0.4) is 0 Å². The van der Waals surface area contributed by atoms with Crippen LogP contribution in [0, 0.1) is 5.92 Å². The third kappa shape index (κ3) is 5.16. The van der Waals surface area contributed by atoms with Crippen LogP contribution in [0.4, 0.5) is 5.69 Å². The highest BCUT2D eigenvalue weighted by atomic mass is 16.6. The minimum absolute atomic E-state index is 0.138. The number of aryl methyl sites for hydroxylation is 1. The number of anilines is 1. The number of piperidine rings is 1. The summed E-state index contributed by atoms with van der Waals surface area (Å²) < 4.78 is 12.3. The van der Waals surface area contributed by atoms with Crippen LogP contribution in [-0.2, 0) is 16.6 Å². The number of aromatic nitrogens is 1. The van der Waals surface area contributed by atoms with E-state index in [1.807, 2.05) is 0 Å². The van der Waals surface area contributed by atoms with Gasteiger partial charge in [0, 0.05) is 44.6 Å². The van der Waals surface area contributed by atoms with Crippen LogP contribution in [0.2, 0.25) is 0 Å². The maximum Gasteiger partial charge on any atom is 0.313 e. The molecule has 1 aromatic heterocycles. The minimum atomic E-state index is -0.765. The van der Waals surface area contributed by atoms with Gasteiger partial charge >= 0.3 is 11.8 Å². The van der Waals surface area contributed by atoms with E-state index in [-0.39, 0.29) is 22.9 Å². The van der Waals surface area contributed by atoms with E-state index >= 15 is 0 Å². The van der Waals surface area contributed by atoms with Gasteiger partial charge in [-0.15, -0.1) is 0 Å². The molecule has 0 saturated carbocycles. The van der Waals surface area contributed by atoms with Gasteiger partial charge in [-0.2, -0.15) is 0 Å². The van der Waals surface area contributed by atoms with E-state index in [9.17, 15) is 19.2 Å². The summed E-state index contributed by atoms with van der Waals surface area (Å²) in [6, 6.07) is 8.16. The van der Waals surface area contributed by atoms with Crippen molar-refractivity contribution in [3.63, 3.8) is 0 Å². The molecule has 0 atom stereocenters. The zero-order valence-corrected chi connectivity index (χ0v) is 18.3. The Bertz CT molecular complexity index is 1120. The number of carbonyl (C=O) groups excluding carboxylic acids is 3. The molecule has 0 spiro atoms. The molecule has 10 nitrogen and oxygen atoms in total. The van der Waals surface area contributed by atoms with Gasteiger partial charge < -0.3 is 29.6 Å². The van der Waals surface area contributed by atoms with Gasteiger partial charge in [0.2, 0.25) is 0 Å². The molecule has 0 unspecified atom stereocenters. The number of carbonyl (C=O) groups is 3. The predicted molar refractivity (Wildman–Crippen MR) is 119 cm³/mol. The summed E-state index contributed by atoms with van der Waals surface area (Å²) in [5.41, 5.74) is 0.279. The average Bonchev–Trinajstić information content (AvgIpc) is 2.84. The number of hydrogen-bond donors (Lipinski definition) is 2. The van der Waals surface area contributed by atoms with Crippen molar-refractivity contribution in [2.45, 2.75) is 12.8 Å². The molecule has 2 aliphatic heterocycles. The molecular weight excluding hydrogens is 428 g/mol. The van der Waals surface area contributed by atoms with E-state index in [0.717, 1.165) is 0 Å². The first-order valence-corrected chi connectivity index (χ1v) is 10.9. The third-order valence-corrected chi connectivity index (χ3v) is 5.81. The fourth-order valence-electron chi connectivity index (χ4n) is 3.90. The summed E-state index contributed by atoms with van der Waals surface area (Å²) in [7, 11) is 1.61. The van der Waals surface area contributed by atoms with Crippen LogP contribution in [0.25, 0.3) is 0 Å². The van der Waals surface area contributed by atoms with Gasteiger partial charge in [-0.1, -0.05) is 0 Å². The SMILES string of the molecule is Cn1cccc(C(=O)N2CCC(CNC(=O)C(=O)Nc3ccc4c(c3)OCCO4)CC2)c1=O. The van der Waals surface area contributed by atoms with E-state index in [1.54, 1.807) is 42.4 Å². The second kappa shape index (κ2) is 9.76. The van der Waals surface area contributed by atoms with Crippen molar-refractivity contribution in [1.82, 2.24) is 14.8 Å². The maximum atomic E-state index is 12.7. The molecule has 3 amide bonds. The van der Waals surface area contributed by atoms with Crippen LogP contribution < -0.4 is 25.7 Å². The zero-order valence-electron chi connectivity index (χ0n) is 18.3. The van der Waals surface area contributed by atoms with Crippen molar-refractivity contribution < 1.29 is 23.9 Å². The van der Waals surface area contributed by atoms with Gasteiger partial charge in [0.15, 0.2) is 11.5 Å². The van der Waals surface area contributed by atoms with Gasteiger partial charge in [0.25, 0.3) is 11.5 Å². The zero-order chi connectivity index (χ0) is 23.4. The highest BCUT2D eigenvalue weighted by Crippen LogP contribution is 2.32. The highest BCUT2D eigenvalue weighted by molar-refractivity contribution is 6.39. The molecule has 2 aliphatic rings. The monoisotopic (exact) mass is 454 g/mol. The number of pyridine rings is 1. The van der Waals surface area contributed by atoms with Gasteiger partial charge in [0.05, 0.1) is 0 Å². The number of rotatable bonds is 4. The number of likely N-dealkylation sites (tertiary alicyclic amines) is 1. The molecule has 2 aromatic rings. The van der Waals surface area contributed by atoms with E-state index < -0.39 is 11.8 Å². The van der Waals surface area contributed by atoms with Crippen molar-refractivity contribution in [3.8, 4) is 11.5 Å². The van der Waals surface area contributed by atoms with Crippen LogP contribution in [0.15, 0.2) is 41.3 Å². The molecule has 0 aliphatic carbocycles. The molecule has 4 rings (SSSR count). The van der Waals surface area contributed by atoms with Gasteiger partial charge in [-0.25, -0.2) is 0 Å². The lowest BCUT2D eigenvalue weighted by Gasteiger charge is -2.32. The Kier molecular flexibility index (Phi) is 6.62. The normalized spacial score (nSPS) is 15.6. The Hall–Kier alpha value is -3.82. The van der Waals surface area contributed by atoms with Crippen LogP contribution >= 0.6 is 0 Å². The Morgan fingerprint density at radius 3 is 2.52 bits per heavy atom. The fraction of sp³-hybridized carbons (Fsp3) is 0.391. The van der Waals surface area contributed by atoms with Gasteiger partial charge in [-0.05, 0) is 43.0 Å². The molecule has 0 radical (unpaired) electrons. The van der Waals surface area contributed by atoms with Gasteiger partial charge in [-0.3, -0.25) is 19.2 Å². The number of amides is 3. The predicted octanol–water partition coefficient (Wildman–Crippen LogP) is 0.764. The summed E-state index contributed by atoms with van der Waals surface area (Å²) in [5.74, 6) is -0.512. The molecule has 174 valence electrons. The molecule has 33 heavy (non-hydrogen) atoms. The summed E-state index contributed by atoms with van der Waals surface area (Å²) in [6.45, 7) is 2.21. The van der Waals surface area contributed by atoms with Crippen LogP contribution in [0.1, 0.15) is 23.2 Å². The number of nitrogens with zero attached hydrogens (tertiary/aromatic N) is 2. The standard InChI is InChI=1S/C23H26N4O6/c1-26-8-2-3-17(22(26)30)23(31)27-9-6-15(7-10-27)14-24-20(28)21(29)25-16-4-5-18-19(13-16)33-12-11-32-18/h2-5,8,13,15H,6-7,9-12,14H2,1H3,(H,24,28)(H,25,29). The second-order valence-electron chi connectivity index (χ2n) is 8.10. The Morgan fingerprint density at radius 1 is 1.03 bits per heavy atom. The van der Waals surface area contributed by atoms with Crippen LogP contribution in [-0.4, -0.2) is 60.0 Å². The summed E-state index contributed by atoms with van der Waals surface area (Å²) in [4.78, 5) is 51.0. The quantitative estimate of drug-likeness (QED) is 0.659. The van der Waals surface area contributed by atoms with Crippen molar-refractivity contribution in [2.24, 2.45) is 13.0 Å². The number of ether oxygens (including phenoxy) is 2. The van der Waals surface area contributed by atoms with Crippen molar-refractivity contribution >= 4 is 23.4 Å². The molecule has 1 aromatic carbocycles. The third-order valence-electron chi connectivity index (χ3n) is 5.81. The van der Waals surface area contributed by atoms with E-state index in [4.69, 9.17) is 9.47 Å². The van der Waals surface area contributed by atoms with Gasteiger partial charge in [0.1, 0.15) is 18.8 Å². The lowest BCUT2D eigenvalue weighted by Crippen LogP contribution is -2.44. The Balaban J connectivity index is 1.23. The van der Waals surface area contributed by atoms with Crippen molar-refractivity contribution in [3.05, 3.63) is 52.4 Å². The lowest BCUT2D eigenvalue weighted by atomic mass is 9.96. The molecule has 0 bridgehead atoms. The smallest absolute Gasteiger partial charge is 0.313 e. The lowest BCUT2D eigenvalue weighted by molar-refractivity contribution is -0.136. The number of benzene rings is 1. The summed E-state index contributed by atoms with van der Waals surface area (Å²) in [6.07, 6.45) is 2.95. The Morgan fingerprint density at radius 2 is 1.76 bits per heavy atom. The minimum Gasteiger partial charge on any atom is -0.486 e. The first-order valence-electron chi connectivity index (χ1n) is 10.9. The topological polar surface area (TPSA) is 119 Å². The number of nitrogens with one attached hydrogen (secondary N) is 2. The van der Waals surface area contributed by atoms with Crippen LogP contribution in [0.5, 0.6) is 11.5 Å². The first-order chi connectivity index (χ1) is 15.9. The Labute approximate surface area is 190 Å². The van der Waals surface area contributed by atoms with E-state index in [0.29, 0.717) is 62.9 Å². The molecule has 3 heterocycles. The molecule has 10 heteroatoms. The fourth-order valence-corrected chi connectivity index (χ4v) is 3.90. The largest absolute Gasteiger partial charge is 0.486 e. The summed E-state index contributed by atoms with van der Waals surface area (Å²) in [5, 5.41) is 5.22. The van der Waals surface area contributed by atoms with Crippen molar-refractivity contribution in [1.29, 1.82) is 0 Å². The van der Waals surface area contributed by atoms with E-state index in [2.05, 4.69) is 10.6 Å². The van der Waals surface area contributed by atoms with E-state index in [1.165, 1.54) is 10.6 Å². The first kappa shape index (κ1) is 22.4. The maximum absolute atomic E-state index is 12.7. The molecular formula is C23H26N4O6. The number of hydrogen-bond acceptors (Lipinski definition) is 6. The number of fused-ring (bicyclic) bond motifs is 1. The highest BCUT2D eigenvalue weighted by Gasteiger charge is 2.26.